The summed E-state index contributed by atoms with van der Waals surface area (Å²) in [5.41, 5.74) is 0.661. The van der Waals surface area contributed by atoms with Gasteiger partial charge < -0.3 is 15.0 Å². The van der Waals surface area contributed by atoms with Gasteiger partial charge in [0, 0.05) is 29.9 Å². The fourth-order valence-electron chi connectivity index (χ4n) is 3.65. The average molecular weight is 477 g/mol. The molecule has 1 aliphatic heterocycles. The molecule has 3 amide bonds. The predicted molar refractivity (Wildman–Crippen MR) is 120 cm³/mol. The first kappa shape index (κ1) is 25.1. The molecule has 0 radical (unpaired) electrons. The highest BCUT2D eigenvalue weighted by Crippen LogP contribution is 2.25. The van der Waals surface area contributed by atoms with Crippen LogP contribution in [0.15, 0.2) is 42.5 Å². The SMILES string of the molecule is COc1ccc(N(Cc2ccc(C(=O)CNC(=O)C(F)F)cc2F)C(=O)N2CCCCC2)cc1. The molecule has 0 aromatic heterocycles. The van der Waals surface area contributed by atoms with Crippen molar-refractivity contribution in [3.8, 4) is 5.75 Å². The molecule has 2 aromatic rings. The largest absolute Gasteiger partial charge is 0.497 e. The van der Waals surface area contributed by atoms with Crippen molar-refractivity contribution in [2.75, 3.05) is 31.6 Å². The molecular formula is C24H26F3N3O4. The van der Waals surface area contributed by atoms with E-state index in [1.54, 1.807) is 34.5 Å². The number of rotatable bonds is 8. The Hall–Kier alpha value is -3.56. The number of halogens is 3. The smallest absolute Gasteiger partial charge is 0.324 e. The molecule has 1 N–H and O–H groups in total. The van der Waals surface area contributed by atoms with Gasteiger partial charge in [-0.15, -0.1) is 0 Å². The third-order valence-corrected chi connectivity index (χ3v) is 5.57. The fraction of sp³-hybridized carbons (Fsp3) is 0.375. The van der Waals surface area contributed by atoms with Crippen LogP contribution in [0.2, 0.25) is 0 Å². The van der Waals surface area contributed by atoms with Crippen LogP contribution in [0, 0.1) is 5.82 Å². The molecule has 1 fully saturated rings. The molecule has 0 spiro atoms. The molecule has 1 aliphatic rings. The van der Waals surface area contributed by atoms with Crippen LogP contribution in [-0.2, 0) is 11.3 Å². The summed E-state index contributed by atoms with van der Waals surface area (Å²) in [5, 5.41) is 1.80. The molecule has 0 saturated carbocycles. The number of likely N-dealkylation sites (tertiary alicyclic amines) is 1. The van der Waals surface area contributed by atoms with E-state index in [1.165, 1.54) is 24.1 Å². The number of nitrogens with zero attached hydrogens (tertiary/aromatic N) is 2. The average Bonchev–Trinajstić information content (AvgIpc) is 2.86. The number of methoxy groups -OCH3 is 1. The lowest BCUT2D eigenvalue weighted by Gasteiger charge is -2.33. The number of benzene rings is 2. The first-order valence-electron chi connectivity index (χ1n) is 10.9. The molecule has 0 bridgehead atoms. The van der Waals surface area contributed by atoms with E-state index >= 15 is 0 Å². The maximum absolute atomic E-state index is 14.9. The Bertz CT molecular complexity index is 1020. The number of urea groups is 1. The zero-order valence-corrected chi connectivity index (χ0v) is 18.7. The van der Waals surface area contributed by atoms with Gasteiger partial charge in [0.15, 0.2) is 5.78 Å². The van der Waals surface area contributed by atoms with Crippen molar-refractivity contribution in [2.45, 2.75) is 32.2 Å². The summed E-state index contributed by atoms with van der Waals surface area (Å²) < 4.78 is 44.6. The van der Waals surface area contributed by atoms with Crippen LogP contribution >= 0.6 is 0 Å². The molecule has 10 heteroatoms. The van der Waals surface area contributed by atoms with Gasteiger partial charge >= 0.3 is 12.5 Å². The number of ether oxygens (including phenoxy) is 1. The van der Waals surface area contributed by atoms with Crippen LogP contribution in [-0.4, -0.2) is 55.8 Å². The third-order valence-electron chi connectivity index (χ3n) is 5.57. The molecule has 3 rings (SSSR count). The van der Waals surface area contributed by atoms with Gasteiger partial charge in [0.05, 0.1) is 20.2 Å². The molecule has 0 aliphatic carbocycles. The van der Waals surface area contributed by atoms with E-state index in [4.69, 9.17) is 4.74 Å². The molecule has 182 valence electrons. The summed E-state index contributed by atoms with van der Waals surface area (Å²) in [6, 6.07) is 10.3. The second kappa shape index (κ2) is 11.5. The van der Waals surface area contributed by atoms with Crippen molar-refractivity contribution in [1.82, 2.24) is 10.2 Å². The first-order valence-corrected chi connectivity index (χ1v) is 10.9. The number of anilines is 1. The summed E-state index contributed by atoms with van der Waals surface area (Å²) in [6.07, 6.45) is -0.396. The second-order valence-corrected chi connectivity index (χ2v) is 7.86. The van der Waals surface area contributed by atoms with Crippen molar-refractivity contribution in [2.24, 2.45) is 0 Å². The van der Waals surface area contributed by atoms with E-state index in [0.717, 1.165) is 25.3 Å². The second-order valence-electron chi connectivity index (χ2n) is 7.86. The summed E-state index contributed by atoms with van der Waals surface area (Å²) in [4.78, 5) is 39.6. The Balaban J connectivity index is 1.80. The standard InChI is InChI=1S/C24H26F3N3O4/c1-34-19-9-7-18(8-10-19)30(24(33)29-11-3-2-4-12-29)15-17-6-5-16(13-20(17)25)21(31)14-28-23(32)22(26)27/h5-10,13,22H,2-4,11-12,14-15H2,1H3,(H,28,32). The lowest BCUT2D eigenvalue weighted by atomic mass is 10.1. The monoisotopic (exact) mass is 477 g/mol. The number of Topliss-reactive ketones (excluding diaryl/α,β-unsaturated/α-hetero) is 1. The first-order chi connectivity index (χ1) is 16.3. The van der Waals surface area contributed by atoms with E-state index in [-0.39, 0.29) is 23.7 Å². The van der Waals surface area contributed by atoms with Crippen LogP contribution in [0.4, 0.5) is 23.7 Å². The number of hydrogen-bond acceptors (Lipinski definition) is 4. The molecule has 2 aromatic carbocycles. The van der Waals surface area contributed by atoms with Crippen LogP contribution in [0.5, 0.6) is 5.75 Å². The quantitative estimate of drug-likeness (QED) is 0.583. The van der Waals surface area contributed by atoms with Crippen LogP contribution < -0.4 is 15.0 Å². The Labute approximate surface area is 195 Å². The van der Waals surface area contributed by atoms with Gasteiger partial charge in [-0.1, -0.05) is 12.1 Å². The van der Waals surface area contributed by atoms with Crippen molar-refractivity contribution in [3.63, 3.8) is 0 Å². The van der Waals surface area contributed by atoms with E-state index in [2.05, 4.69) is 0 Å². The Morgan fingerprint density at radius 2 is 1.74 bits per heavy atom. The van der Waals surface area contributed by atoms with Gasteiger partial charge in [-0.05, 0) is 49.6 Å². The van der Waals surface area contributed by atoms with Gasteiger partial charge in [0.2, 0.25) is 0 Å². The van der Waals surface area contributed by atoms with Crippen molar-refractivity contribution in [3.05, 3.63) is 59.4 Å². The number of carbonyl (C=O) groups is 3. The maximum Gasteiger partial charge on any atom is 0.324 e. The number of ketones is 1. The minimum Gasteiger partial charge on any atom is -0.497 e. The molecule has 1 heterocycles. The summed E-state index contributed by atoms with van der Waals surface area (Å²) in [5.74, 6) is -2.40. The highest BCUT2D eigenvalue weighted by molar-refractivity contribution is 5.99. The van der Waals surface area contributed by atoms with Crippen LogP contribution in [0.1, 0.15) is 35.2 Å². The number of piperidine rings is 1. The number of alkyl halides is 2. The van der Waals surface area contributed by atoms with Gasteiger partial charge in [-0.2, -0.15) is 8.78 Å². The minimum absolute atomic E-state index is 0.0748. The lowest BCUT2D eigenvalue weighted by Crippen LogP contribution is -2.45. The molecule has 0 atom stereocenters. The van der Waals surface area contributed by atoms with Crippen molar-refractivity contribution >= 4 is 23.4 Å². The highest BCUT2D eigenvalue weighted by Gasteiger charge is 2.25. The number of hydrogen-bond donors (Lipinski definition) is 1. The van der Waals surface area contributed by atoms with Gasteiger partial charge in [-0.25, -0.2) is 9.18 Å². The third kappa shape index (κ3) is 6.27. The molecule has 7 nitrogen and oxygen atoms in total. The van der Waals surface area contributed by atoms with E-state index < -0.39 is 30.5 Å². The summed E-state index contributed by atoms with van der Waals surface area (Å²) in [6.45, 7) is 0.481. The van der Waals surface area contributed by atoms with Crippen LogP contribution in [0.3, 0.4) is 0 Å². The zero-order valence-electron chi connectivity index (χ0n) is 18.7. The summed E-state index contributed by atoms with van der Waals surface area (Å²) >= 11 is 0. The normalized spacial score (nSPS) is 13.5. The van der Waals surface area contributed by atoms with Gasteiger partial charge in [-0.3, -0.25) is 14.5 Å². The molecule has 0 unspecified atom stereocenters. The van der Waals surface area contributed by atoms with Crippen molar-refractivity contribution < 1.29 is 32.3 Å². The summed E-state index contributed by atoms with van der Waals surface area (Å²) in [7, 11) is 1.53. The predicted octanol–water partition coefficient (Wildman–Crippen LogP) is 4.01. The number of carbonyl (C=O) groups excluding carboxylic acids is 3. The fourth-order valence-corrected chi connectivity index (χ4v) is 3.65. The number of amides is 3. The maximum atomic E-state index is 14.9. The Morgan fingerprint density at radius 3 is 2.32 bits per heavy atom. The highest BCUT2D eigenvalue weighted by atomic mass is 19.3. The van der Waals surface area contributed by atoms with Crippen molar-refractivity contribution in [1.29, 1.82) is 0 Å². The molecular weight excluding hydrogens is 451 g/mol. The topological polar surface area (TPSA) is 79.0 Å². The van der Waals surface area contributed by atoms with Crippen LogP contribution in [0.25, 0.3) is 0 Å². The molecule has 34 heavy (non-hydrogen) atoms. The van der Waals surface area contributed by atoms with E-state index in [0.29, 0.717) is 24.5 Å². The van der Waals surface area contributed by atoms with Gasteiger partial charge in [0.25, 0.3) is 5.91 Å². The van der Waals surface area contributed by atoms with Gasteiger partial charge in [0.1, 0.15) is 11.6 Å². The van der Waals surface area contributed by atoms with E-state index in [1.807, 2.05) is 0 Å². The Morgan fingerprint density at radius 1 is 1.06 bits per heavy atom. The lowest BCUT2D eigenvalue weighted by molar-refractivity contribution is -0.131. The minimum atomic E-state index is -3.24. The zero-order chi connectivity index (χ0) is 24.7. The number of nitrogens with one attached hydrogen (secondary N) is 1. The van der Waals surface area contributed by atoms with E-state index in [9.17, 15) is 27.6 Å². The Kier molecular flexibility index (Phi) is 8.50. The molecule has 1 saturated heterocycles.